The highest BCUT2D eigenvalue weighted by atomic mass is 19.1. The number of hydrogen-bond donors (Lipinski definition) is 0. The molecule has 1 aromatic carbocycles. The Balaban J connectivity index is 2.30. The smallest absolute Gasteiger partial charge is 0.442 e. The largest absolute Gasteiger partial charge is 0.444 e. The van der Waals surface area contributed by atoms with Gasteiger partial charge in [-0.05, 0) is 51.0 Å². The fraction of sp³-hybridized carbons (Fsp3) is 0.467. The third-order valence-corrected chi connectivity index (χ3v) is 3.02. The van der Waals surface area contributed by atoms with Gasteiger partial charge in [-0.25, -0.2) is 14.0 Å². The van der Waals surface area contributed by atoms with Crippen molar-refractivity contribution in [3.05, 3.63) is 35.1 Å². The van der Waals surface area contributed by atoms with Crippen molar-refractivity contribution in [1.29, 1.82) is 0 Å². The molecule has 6 heteroatoms. The summed E-state index contributed by atoms with van der Waals surface area (Å²) in [6.07, 6.45) is -0.786. The summed E-state index contributed by atoms with van der Waals surface area (Å²) in [6.45, 7) is 6.92. The van der Waals surface area contributed by atoms with E-state index in [1.165, 1.54) is 12.1 Å². The fourth-order valence-electron chi connectivity index (χ4n) is 2.13. The second kappa shape index (κ2) is 5.35. The number of hydroxylamine groups is 2. The van der Waals surface area contributed by atoms with Gasteiger partial charge in [-0.15, -0.1) is 5.06 Å². The fourth-order valence-corrected chi connectivity index (χ4v) is 2.13. The summed E-state index contributed by atoms with van der Waals surface area (Å²) >= 11 is 0. The van der Waals surface area contributed by atoms with Crippen LogP contribution in [0.3, 0.4) is 0 Å². The van der Waals surface area contributed by atoms with Crippen LogP contribution >= 0.6 is 0 Å². The zero-order valence-electron chi connectivity index (χ0n) is 12.5. The number of amides is 1. The molecule has 1 amide bonds. The molecule has 1 heterocycles. The highest BCUT2D eigenvalue weighted by Gasteiger charge is 2.41. The number of rotatable bonds is 1. The molecule has 0 N–H and O–H groups in total. The summed E-state index contributed by atoms with van der Waals surface area (Å²) in [4.78, 5) is 28.6. The Kier molecular flexibility index (Phi) is 3.89. The molecule has 0 radical (unpaired) electrons. The maximum Gasteiger partial charge on any atom is 0.444 e. The van der Waals surface area contributed by atoms with Crippen LogP contribution in [-0.4, -0.2) is 22.7 Å². The average Bonchev–Trinajstić information content (AvgIpc) is 2.72. The molecule has 1 aliphatic heterocycles. The predicted octanol–water partition coefficient (Wildman–Crippen LogP) is 3.27. The van der Waals surface area contributed by atoms with E-state index in [0.29, 0.717) is 5.56 Å². The Morgan fingerprint density at radius 2 is 2.10 bits per heavy atom. The van der Waals surface area contributed by atoms with Crippen LogP contribution in [0.2, 0.25) is 0 Å². The number of carbonyl (C=O) groups excluding carboxylic acids is 2. The van der Waals surface area contributed by atoms with Crippen LogP contribution in [0.15, 0.2) is 18.2 Å². The first-order valence-electron chi connectivity index (χ1n) is 6.66. The number of hydrogen-bond acceptors (Lipinski definition) is 4. The zero-order valence-corrected chi connectivity index (χ0v) is 12.5. The molecule has 2 rings (SSSR count). The molecule has 1 aromatic rings. The Labute approximate surface area is 122 Å². The van der Waals surface area contributed by atoms with E-state index in [9.17, 15) is 14.0 Å². The summed E-state index contributed by atoms with van der Waals surface area (Å²) < 4.78 is 18.6. The van der Waals surface area contributed by atoms with Crippen molar-refractivity contribution in [2.24, 2.45) is 0 Å². The Morgan fingerprint density at radius 3 is 2.71 bits per heavy atom. The molecule has 0 saturated carbocycles. The van der Waals surface area contributed by atoms with Crippen LogP contribution in [0, 0.1) is 12.7 Å². The summed E-state index contributed by atoms with van der Waals surface area (Å²) in [7, 11) is 0. The highest BCUT2D eigenvalue weighted by Crippen LogP contribution is 2.34. The summed E-state index contributed by atoms with van der Waals surface area (Å²) in [6, 6.07) is 3.55. The van der Waals surface area contributed by atoms with Crippen molar-refractivity contribution in [3.63, 3.8) is 0 Å². The molecule has 0 spiro atoms. The monoisotopic (exact) mass is 295 g/mol. The van der Waals surface area contributed by atoms with Crippen molar-refractivity contribution in [2.45, 2.75) is 45.8 Å². The maximum atomic E-state index is 13.4. The molecule has 5 nitrogen and oxygen atoms in total. The molecular weight excluding hydrogens is 277 g/mol. The minimum atomic E-state index is -0.762. The van der Waals surface area contributed by atoms with Crippen molar-refractivity contribution in [2.75, 3.05) is 0 Å². The van der Waals surface area contributed by atoms with E-state index in [2.05, 4.69) is 0 Å². The third-order valence-electron chi connectivity index (χ3n) is 3.02. The van der Waals surface area contributed by atoms with Crippen LogP contribution < -0.4 is 0 Å². The second-order valence-electron chi connectivity index (χ2n) is 5.99. The SMILES string of the molecule is Cc1ccc(F)cc1C1CC(=O)ON1C(=O)OC(C)(C)C. The molecule has 114 valence electrons. The highest BCUT2D eigenvalue weighted by molar-refractivity contribution is 5.78. The Hall–Kier alpha value is -2.11. The number of benzene rings is 1. The number of nitrogens with zero attached hydrogens (tertiary/aromatic N) is 1. The lowest BCUT2D eigenvalue weighted by atomic mass is 9.99. The molecule has 0 aliphatic carbocycles. The lowest BCUT2D eigenvalue weighted by Crippen LogP contribution is -2.36. The van der Waals surface area contributed by atoms with E-state index < -0.39 is 29.5 Å². The van der Waals surface area contributed by atoms with E-state index in [1.807, 2.05) is 0 Å². The molecule has 1 atom stereocenters. The lowest BCUT2D eigenvalue weighted by Gasteiger charge is -2.26. The normalized spacial score (nSPS) is 18.6. The number of halogens is 1. The van der Waals surface area contributed by atoms with E-state index >= 15 is 0 Å². The first-order valence-corrected chi connectivity index (χ1v) is 6.66. The molecule has 0 aromatic heterocycles. The quantitative estimate of drug-likeness (QED) is 0.798. The van der Waals surface area contributed by atoms with Gasteiger partial charge in [0.2, 0.25) is 0 Å². The van der Waals surface area contributed by atoms with Gasteiger partial charge in [0.25, 0.3) is 0 Å². The van der Waals surface area contributed by atoms with Gasteiger partial charge < -0.3 is 9.57 Å². The second-order valence-corrected chi connectivity index (χ2v) is 5.99. The van der Waals surface area contributed by atoms with Crippen LogP contribution in [0.25, 0.3) is 0 Å². The van der Waals surface area contributed by atoms with E-state index in [4.69, 9.17) is 9.57 Å². The van der Waals surface area contributed by atoms with Crippen molar-refractivity contribution < 1.29 is 23.6 Å². The van der Waals surface area contributed by atoms with Crippen LogP contribution in [0.1, 0.15) is 44.4 Å². The topological polar surface area (TPSA) is 55.8 Å². The van der Waals surface area contributed by atoms with Gasteiger partial charge in [0.1, 0.15) is 17.5 Å². The first-order chi connectivity index (χ1) is 9.67. The van der Waals surface area contributed by atoms with Gasteiger partial charge in [0.15, 0.2) is 0 Å². The first kappa shape index (κ1) is 15.3. The Morgan fingerprint density at radius 1 is 1.43 bits per heavy atom. The third kappa shape index (κ3) is 3.51. The van der Waals surface area contributed by atoms with Crippen LogP contribution in [0.4, 0.5) is 9.18 Å². The Bertz CT molecular complexity index is 580. The van der Waals surface area contributed by atoms with Crippen LogP contribution in [-0.2, 0) is 14.4 Å². The lowest BCUT2D eigenvalue weighted by molar-refractivity contribution is -0.170. The van der Waals surface area contributed by atoms with Gasteiger partial charge >= 0.3 is 12.1 Å². The minimum absolute atomic E-state index is 0.0243. The van der Waals surface area contributed by atoms with Crippen molar-refractivity contribution >= 4 is 12.1 Å². The molecular formula is C15H18FNO4. The van der Waals surface area contributed by atoms with Gasteiger partial charge in [0, 0.05) is 0 Å². The zero-order chi connectivity index (χ0) is 15.8. The average molecular weight is 295 g/mol. The predicted molar refractivity (Wildman–Crippen MR) is 72.7 cm³/mol. The maximum absolute atomic E-state index is 13.4. The van der Waals surface area contributed by atoms with Gasteiger partial charge in [-0.2, -0.15) is 0 Å². The number of ether oxygens (including phenoxy) is 1. The van der Waals surface area contributed by atoms with E-state index in [-0.39, 0.29) is 6.42 Å². The molecule has 1 unspecified atom stereocenters. The van der Waals surface area contributed by atoms with Crippen molar-refractivity contribution in [3.8, 4) is 0 Å². The summed E-state index contributed by atoms with van der Waals surface area (Å²) in [5.41, 5.74) is 0.591. The van der Waals surface area contributed by atoms with Crippen molar-refractivity contribution in [1.82, 2.24) is 5.06 Å². The number of carbonyl (C=O) groups is 2. The van der Waals surface area contributed by atoms with Gasteiger partial charge in [-0.3, -0.25) is 0 Å². The molecule has 1 fully saturated rings. The van der Waals surface area contributed by atoms with Gasteiger partial charge in [0.05, 0.1) is 6.42 Å². The summed E-state index contributed by atoms with van der Waals surface area (Å²) in [5.74, 6) is -0.978. The minimum Gasteiger partial charge on any atom is -0.442 e. The molecule has 1 aliphatic rings. The van der Waals surface area contributed by atoms with Gasteiger partial charge in [-0.1, -0.05) is 6.07 Å². The molecule has 0 bridgehead atoms. The number of aryl methyl sites for hydroxylation is 1. The molecule has 21 heavy (non-hydrogen) atoms. The standard InChI is InChI=1S/C15H18FNO4/c1-9-5-6-10(16)7-11(9)12-8-13(18)21-17(12)14(19)20-15(2,3)4/h5-7,12H,8H2,1-4H3. The summed E-state index contributed by atoms with van der Waals surface area (Å²) in [5, 5.41) is 0.884. The van der Waals surface area contributed by atoms with E-state index in [1.54, 1.807) is 33.8 Å². The molecule has 1 saturated heterocycles. The van der Waals surface area contributed by atoms with Crippen LogP contribution in [0.5, 0.6) is 0 Å². The van der Waals surface area contributed by atoms with E-state index in [0.717, 1.165) is 10.6 Å².